The Labute approximate surface area is 130 Å². The molecule has 4 heteroatoms. The van der Waals surface area contributed by atoms with E-state index in [1.807, 2.05) is 30.3 Å². The minimum atomic E-state index is 0.597. The summed E-state index contributed by atoms with van der Waals surface area (Å²) in [5.41, 5.74) is 3.58. The molecule has 0 saturated carbocycles. The maximum Gasteiger partial charge on any atom is 0.126 e. The Morgan fingerprint density at radius 3 is 2.67 bits per heavy atom. The number of benzene rings is 2. The van der Waals surface area contributed by atoms with Gasteiger partial charge >= 0.3 is 0 Å². The van der Waals surface area contributed by atoms with E-state index in [0.717, 1.165) is 35.5 Å². The molecule has 0 aromatic heterocycles. The van der Waals surface area contributed by atoms with E-state index in [4.69, 9.17) is 21.6 Å². The number of ether oxygens (including phenoxy) is 1. The van der Waals surface area contributed by atoms with Gasteiger partial charge in [0.2, 0.25) is 0 Å². The number of halogens is 1. The van der Waals surface area contributed by atoms with Crippen molar-refractivity contribution >= 4 is 11.6 Å². The van der Waals surface area contributed by atoms with Crippen LogP contribution in [0.25, 0.3) is 11.1 Å². The second kappa shape index (κ2) is 7.12. The molecule has 0 fully saturated rings. The van der Waals surface area contributed by atoms with Crippen LogP contribution in [0.4, 0.5) is 0 Å². The SMILES string of the molecule is CCNCc1ccc(Cl)cc1-c1cc(C#N)ccc1OC. The normalized spacial score (nSPS) is 10.2. The van der Waals surface area contributed by atoms with Crippen LogP contribution in [-0.4, -0.2) is 13.7 Å². The fraction of sp³-hybridized carbons (Fsp3) is 0.235. The Morgan fingerprint density at radius 1 is 1.19 bits per heavy atom. The number of hydrogen-bond acceptors (Lipinski definition) is 3. The van der Waals surface area contributed by atoms with Crippen LogP contribution < -0.4 is 10.1 Å². The number of hydrogen-bond donors (Lipinski definition) is 1. The van der Waals surface area contributed by atoms with E-state index in [-0.39, 0.29) is 0 Å². The third-order valence-electron chi connectivity index (χ3n) is 3.26. The summed E-state index contributed by atoms with van der Waals surface area (Å²) in [6, 6.07) is 13.3. The highest BCUT2D eigenvalue weighted by Crippen LogP contribution is 2.34. The lowest BCUT2D eigenvalue weighted by Crippen LogP contribution is -2.12. The second-order valence-electron chi connectivity index (χ2n) is 4.61. The van der Waals surface area contributed by atoms with Crippen LogP contribution in [0, 0.1) is 11.3 Å². The first kappa shape index (κ1) is 15.4. The summed E-state index contributed by atoms with van der Waals surface area (Å²) in [6.45, 7) is 3.69. The van der Waals surface area contributed by atoms with E-state index in [1.54, 1.807) is 13.2 Å². The maximum atomic E-state index is 9.11. The lowest BCUT2D eigenvalue weighted by Gasteiger charge is -2.14. The van der Waals surface area contributed by atoms with E-state index < -0.39 is 0 Å². The lowest BCUT2D eigenvalue weighted by atomic mass is 9.97. The molecule has 0 radical (unpaired) electrons. The molecular weight excluding hydrogens is 284 g/mol. The van der Waals surface area contributed by atoms with Crippen LogP contribution in [0.3, 0.4) is 0 Å². The Balaban J connectivity index is 2.59. The number of nitrogens with one attached hydrogen (secondary N) is 1. The van der Waals surface area contributed by atoms with Gasteiger partial charge in [0.25, 0.3) is 0 Å². The summed E-state index contributed by atoms with van der Waals surface area (Å²) in [5.74, 6) is 0.731. The van der Waals surface area contributed by atoms with Gasteiger partial charge in [0, 0.05) is 17.1 Å². The summed E-state index contributed by atoms with van der Waals surface area (Å²) in [4.78, 5) is 0. The van der Waals surface area contributed by atoms with Gasteiger partial charge in [-0.1, -0.05) is 24.6 Å². The van der Waals surface area contributed by atoms with Gasteiger partial charge in [0.1, 0.15) is 5.75 Å². The van der Waals surface area contributed by atoms with Crippen molar-refractivity contribution in [2.45, 2.75) is 13.5 Å². The van der Waals surface area contributed by atoms with Crippen LogP contribution >= 0.6 is 11.6 Å². The van der Waals surface area contributed by atoms with E-state index in [0.29, 0.717) is 10.6 Å². The zero-order valence-electron chi connectivity index (χ0n) is 12.1. The topological polar surface area (TPSA) is 45.0 Å². The van der Waals surface area contributed by atoms with Gasteiger partial charge in [-0.25, -0.2) is 0 Å². The lowest BCUT2D eigenvalue weighted by molar-refractivity contribution is 0.416. The monoisotopic (exact) mass is 300 g/mol. The van der Waals surface area contributed by atoms with Crippen molar-refractivity contribution in [3.05, 3.63) is 52.5 Å². The van der Waals surface area contributed by atoms with Gasteiger partial charge in [0.15, 0.2) is 0 Å². The number of rotatable bonds is 5. The zero-order chi connectivity index (χ0) is 15.2. The summed E-state index contributed by atoms with van der Waals surface area (Å²) in [6.07, 6.45) is 0. The first-order valence-electron chi connectivity index (χ1n) is 6.77. The number of nitrogens with zero attached hydrogens (tertiary/aromatic N) is 1. The molecule has 2 rings (SSSR count). The van der Waals surface area contributed by atoms with Gasteiger partial charge in [0.05, 0.1) is 18.7 Å². The molecule has 0 aliphatic carbocycles. The predicted molar refractivity (Wildman–Crippen MR) is 85.5 cm³/mol. The molecule has 0 amide bonds. The van der Waals surface area contributed by atoms with E-state index in [1.165, 1.54) is 0 Å². The van der Waals surface area contributed by atoms with Crippen molar-refractivity contribution in [1.82, 2.24) is 5.32 Å². The highest BCUT2D eigenvalue weighted by molar-refractivity contribution is 6.30. The highest BCUT2D eigenvalue weighted by Gasteiger charge is 2.12. The standard InChI is InChI=1S/C17H17ClN2O/c1-3-20-11-13-5-6-14(18)9-15(13)16-8-12(10-19)4-7-17(16)21-2/h4-9,20H,3,11H2,1-2H3. The molecule has 0 unspecified atom stereocenters. The quantitative estimate of drug-likeness (QED) is 0.908. The van der Waals surface area contributed by atoms with Gasteiger partial charge in [-0.3, -0.25) is 0 Å². The molecule has 0 saturated heterocycles. The Kier molecular flexibility index (Phi) is 5.21. The van der Waals surface area contributed by atoms with Crippen LogP contribution in [0.2, 0.25) is 5.02 Å². The molecule has 21 heavy (non-hydrogen) atoms. The fourth-order valence-corrected chi connectivity index (χ4v) is 2.37. The van der Waals surface area contributed by atoms with Crippen molar-refractivity contribution in [2.24, 2.45) is 0 Å². The van der Waals surface area contributed by atoms with E-state index in [2.05, 4.69) is 18.3 Å². The average molecular weight is 301 g/mol. The van der Waals surface area contributed by atoms with Gasteiger partial charge in [-0.15, -0.1) is 0 Å². The third-order valence-corrected chi connectivity index (χ3v) is 3.49. The second-order valence-corrected chi connectivity index (χ2v) is 5.05. The molecule has 0 aliphatic rings. The molecule has 1 N–H and O–H groups in total. The Bertz CT molecular complexity index is 677. The van der Waals surface area contributed by atoms with Crippen molar-refractivity contribution in [3.8, 4) is 22.9 Å². The summed E-state index contributed by atoms with van der Waals surface area (Å²) in [7, 11) is 1.62. The van der Waals surface area contributed by atoms with Crippen LogP contribution in [0.5, 0.6) is 5.75 Å². The number of methoxy groups -OCH3 is 1. The van der Waals surface area contributed by atoms with Crippen molar-refractivity contribution in [3.63, 3.8) is 0 Å². The van der Waals surface area contributed by atoms with Gasteiger partial charge in [-0.2, -0.15) is 5.26 Å². The fourth-order valence-electron chi connectivity index (χ4n) is 2.20. The minimum Gasteiger partial charge on any atom is -0.496 e. The number of nitriles is 1. The molecule has 2 aromatic rings. The van der Waals surface area contributed by atoms with Crippen LogP contribution in [0.15, 0.2) is 36.4 Å². The minimum absolute atomic E-state index is 0.597. The largest absolute Gasteiger partial charge is 0.496 e. The smallest absolute Gasteiger partial charge is 0.126 e. The molecule has 108 valence electrons. The molecule has 2 aromatic carbocycles. The predicted octanol–water partition coefficient (Wildman–Crippen LogP) is 4.00. The molecule has 0 atom stereocenters. The Hall–Kier alpha value is -2.02. The van der Waals surface area contributed by atoms with Gasteiger partial charge in [-0.05, 0) is 48.0 Å². The van der Waals surface area contributed by atoms with Crippen LogP contribution in [0.1, 0.15) is 18.1 Å². The third kappa shape index (κ3) is 3.55. The highest BCUT2D eigenvalue weighted by atomic mass is 35.5. The van der Waals surface area contributed by atoms with E-state index in [9.17, 15) is 0 Å². The summed E-state index contributed by atoms with van der Waals surface area (Å²) in [5, 5.41) is 13.1. The first-order chi connectivity index (χ1) is 10.2. The van der Waals surface area contributed by atoms with E-state index >= 15 is 0 Å². The zero-order valence-corrected chi connectivity index (χ0v) is 12.9. The average Bonchev–Trinajstić information content (AvgIpc) is 2.53. The summed E-state index contributed by atoms with van der Waals surface area (Å²) < 4.78 is 5.43. The molecule has 0 spiro atoms. The molecule has 0 heterocycles. The van der Waals surface area contributed by atoms with Gasteiger partial charge < -0.3 is 10.1 Å². The van der Waals surface area contributed by atoms with Crippen molar-refractivity contribution < 1.29 is 4.74 Å². The van der Waals surface area contributed by atoms with Crippen molar-refractivity contribution in [1.29, 1.82) is 5.26 Å². The Morgan fingerprint density at radius 2 is 2.00 bits per heavy atom. The summed E-state index contributed by atoms with van der Waals surface area (Å²) >= 11 is 6.14. The molecule has 0 bridgehead atoms. The molecule has 3 nitrogen and oxygen atoms in total. The first-order valence-corrected chi connectivity index (χ1v) is 7.15. The maximum absolute atomic E-state index is 9.11. The van der Waals surface area contributed by atoms with Crippen molar-refractivity contribution in [2.75, 3.05) is 13.7 Å². The van der Waals surface area contributed by atoms with Crippen LogP contribution in [-0.2, 0) is 6.54 Å². The molecular formula is C17H17ClN2O. The molecule has 0 aliphatic heterocycles.